The summed E-state index contributed by atoms with van der Waals surface area (Å²) >= 11 is 6.67. The molecule has 4 rings (SSSR count). The summed E-state index contributed by atoms with van der Waals surface area (Å²) in [6.07, 6.45) is 1.80. The van der Waals surface area contributed by atoms with Crippen molar-refractivity contribution in [3.05, 3.63) is 57.5 Å². The number of fused-ring (bicyclic) bond motifs is 2. The number of hydrogen-bond acceptors (Lipinski definition) is 8. The van der Waals surface area contributed by atoms with Gasteiger partial charge in [-0.2, -0.15) is 0 Å². The first-order valence-electron chi connectivity index (χ1n) is 8.32. The first-order chi connectivity index (χ1) is 14.3. The van der Waals surface area contributed by atoms with Gasteiger partial charge in [0.15, 0.2) is 11.6 Å². The average molecular weight is 536 g/mol. The third-order valence-electron chi connectivity index (χ3n) is 3.99. The molecule has 0 fully saturated rings. The maximum Gasteiger partial charge on any atom is 0.358 e. The zero-order chi connectivity index (χ0) is 21.4. The SMILES string of the molecule is Nc1nn(OC(=O)/C=C\C(=O)On2nc(N)c3cc(Br)ccc32)c2ccc(Br)cc12. The predicted octanol–water partition coefficient (Wildman–Crippen LogP) is 2.24. The van der Waals surface area contributed by atoms with Crippen LogP contribution in [-0.2, 0) is 9.59 Å². The highest BCUT2D eigenvalue weighted by molar-refractivity contribution is 9.10. The normalized spacial score (nSPS) is 11.4. The molecule has 0 bridgehead atoms. The number of rotatable bonds is 4. The summed E-state index contributed by atoms with van der Waals surface area (Å²) < 4.78 is 1.60. The molecule has 0 atom stereocenters. The van der Waals surface area contributed by atoms with Crippen molar-refractivity contribution in [2.24, 2.45) is 0 Å². The summed E-state index contributed by atoms with van der Waals surface area (Å²) in [5.74, 6) is -1.32. The zero-order valence-corrected chi connectivity index (χ0v) is 18.1. The second-order valence-electron chi connectivity index (χ2n) is 5.99. The van der Waals surface area contributed by atoms with Crippen LogP contribution in [0.25, 0.3) is 21.8 Å². The fourth-order valence-electron chi connectivity index (χ4n) is 2.68. The van der Waals surface area contributed by atoms with Crippen molar-refractivity contribution >= 4 is 77.2 Å². The van der Waals surface area contributed by atoms with Gasteiger partial charge in [-0.15, -0.1) is 10.2 Å². The summed E-state index contributed by atoms with van der Waals surface area (Å²) in [7, 11) is 0. The van der Waals surface area contributed by atoms with E-state index in [9.17, 15) is 9.59 Å². The maximum absolute atomic E-state index is 12.1. The van der Waals surface area contributed by atoms with E-state index in [1.165, 1.54) is 0 Å². The van der Waals surface area contributed by atoms with Gasteiger partial charge in [0, 0.05) is 31.9 Å². The van der Waals surface area contributed by atoms with E-state index in [0.717, 1.165) is 30.8 Å². The topological polar surface area (TPSA) is 140 Å². The van der Waals surface area contributed by atoms with Gasteiger partial charge in [-0.25, -0.2) is 9.59 Å². The number of nitrogen functional groups attached to an aromatic ring is 2. The lowest BCUT2D eigenvalue weighted by Crippen LogP contribution is -2.21. The van der Waals surface area contributed by atoms with E-state index in [0.29, 0.717) is 21.8 Å². The number of benzene rings is 2. The number of carbonyl (C=O) groups excluding carboxylic acids is 2. The molecule has 0 saturated carbocycles. The molecule has 0 amide bonds. The molecular weight excluding hydrogens is 524 g/mol. The van der Waals surface area contributed by atoms with Crippen LogP contribution in [0.3, 0.4) is 0 Å². The Hall–Kier alpha value is -3.38. The minimum Gasteiger partial charge on any atom is -0.382 e. The van der Waals surface area contributed by atoms with Gasteiger partial charge in [0.2, 0.25) is 0 Å². The highest BCUT2D eigenvalue weighted by Crippen LogP contribution is 2.25. The molecule has 0 spiro atoms. The number of carbonyl (C=O) groups is 2. The van der Waals surface area contributed by atoms with Crippen LogP contribution >= 0.6 is 31.9 Å². The molecule has 0 unspecified atom stereocenters. The predicted molar refractivity (Wildman–Crippen MR) is 116 cm³/mol. The largest absolute Gasteiger partial charge is 0.382 e. The standard InChI is InChI=1S/C18H12Br2N6O4/c19-9-1-3-13-11(7-9)17(21)23-25(13)29-15(27)5-6-16(28)30-26-14-4-2-10(20)8-12(14)18(22)24-26/h1-8H,(H2,21,23)(H2,22,24)/b6-5-. The van der Waals surface area contributed by atoms with Crippen molar-refractivity contribution in [3.8, 4) is 0 Å². The second kappa shape index (κ2) is 7.80. The molecule has 4 aromatic rings. The molecule has 2 heterocycles. The van der Waals surface area contributed by atoms with Crippen LogP contribution in [0.15, 0.2) is 57.5 Å². The van der Waals surface area contributed by atoms with Crippen molar-refractivity contribution in [3.63, 3.8) is 0 Å². The number of nitrogens with zero attached hydrogens (tertiary/aromatic N) is 4. The Bertz CT molecular complexity index is 1240. The molecular formula is C18H12Br2N6O4. The first kappa shape index (κ1) is 19.9. The molecule has 152 valence electrons. The fourth-order valence-corrected chi connectivity index (χ4v) is 3.40. The van der Waals surface area contributed by atoms with E-state index in [2.05, 4.69) is 42.1 Å². The third kappa shape index (κ3) is 3.86. The molecule has 2 aromatic heterocycles. The van der Waals surface area contributed by atoms with Crippen molar-refractivity contribution in [1.82, 2.24) is 19.9 Å². The van der Waals surface area contributed by atoms with Gasteiger partial charge >= 0.3 is 11.9 Å². The number of aromatic nitrogens is 4. The lowest BCUT2D eigenvalue weighted by molar-refractivity contribution is -0.142. The average Bonchev–Trinajstić information content (AvgIpc) is 3.16. The Morgan fingerprint density at radius 3 is 1.60 bits per heavy atom. The summed E-state index contributed by atoms with van der Waals surface area (Å²) in [6, 6.07) is 10.3. The number of hydrogen-bond donors (Lipinski definition) is 2. The van der Waals surface area contributed by atoms with E-state index in [1.54, 1.807) is 36.4 Å². The lowest BCUT2D eigenvalue weighted by Gasteiger charge is -2.02. The zero-order valence-electron chi connectivity index (χ0n) is 15.0. The van der Waals surface area contributed by atoms with E-state index >= 15 is 0 Å². The quantitative estimate of drug-likeness (QED) is 0.379. The monoisotopic (exact) mass is 534 g/mol. The summed E-state index contributed by atoms with van der Waals surface area (Å²) in [6.45, 7) is 0. The Morgan fingerprint density at radius 2 is 1.20 bits per heavy atom. The van der Waals surface area contributed by atoms with Gasteiger partial charge in [-0.1, -0.05) is 41.6 Å². The first-order valence-corrected chi connectivity index (χ1v) is 9.90. The van der Waals surface area contributed by atoms with Crippen LogP contribution in [0.5, 0.6) is 0 Å². The van der Waals surface area contributed by atoms with Gasteiger partial charge in [-0.05, 0) is 36.4 Å². The number of nitrogens with two attached hydrogens (primary N) is 2. The third-order valence-corrected chi connectivity index (χ3v) is 4.97. The van der Waals surface area contributed by atoms with E-state index in [1.807, 2.05) is 0 Å². The van der Waals surface area contributed by atoms with Crippen molar-refractivity contribution in [2.75, 3.05) is 11.5 Å². The smallest absolute Gasteiger partial charge is 0.358 e. The van der Waals surface area contributed by atoms with Gasteiger partial charge < -0.3 is 21.1 Å². The highest BCUT2D eigenvalue weighted by atomic mass is 79.9. The fraction of sp³-hybridized carbons (Fsp3) is 0. The van der Waals surface area contributed by atoms with Crippen LogP contribution in [-0.4, -0.2) is 31.8 Å². The van der Waals surface area contributed by atoms with Gasteiger partial charge in [0.25, 0.3) is 0 Å². The molecule has 30 heavy (non-hydrogen) atoms. The number of halogens is 2. The Kier molecular flexibility index (Phi) is 5.18. The van der Waals surface area contributed by atoms with Crippen molar-refractivity contribution in [1.29, 1.82) is 0 Å². The molecule has 0 aliphatic carbocycles. The van der Waals surface area contributed by atoms with Crippen LogP contribution in [0.1, 0.15) is 0 Å². The molecule has 10 nitrogen and oxygen atoms in total. The Labute approximate surface area is 185 Å². The number of anilines is 2. The van der Waals surface area contributed by atoms with E-state index < -0.39 is 11.9 Å². The second-order valence-corrected chi connectivity index (χ2v) is 7.82. The molecule has 0 aliphatic heterocycles. The molecule has 4 N–H and O–H groups in total. The van der Waals surface area contributed by atoms with Crippen molar-refractivity contribution in [2.45, 2.75) is 0 Å². The summed E-state index contributed by atoms with van der Waals surface area (Å²) in [5, 5.41) is 9.13. The Balaban J connectivity index is 1.47. The van der Waals surface area contributed by atoms with Crippen molar-refractivity contribution < 1.29 is 19.3 Å². The summed E-state index contributed by atoms with van der Waals surface area (Å²) in [4.78, 5) is 36.3. The van der Waals surface area contributed by atoms with Crippen LogP contribution < -0.4 is 21.1 Å². The Morgan fingerprint density at radius 1 is 0.800 bits per heavy atom. The van der Waals surface area contributed by atoms with E-state index in [4.69, 9.17) is 21.1 Å². The summed E-state index contributed by atoms with van der Waals surface area (Å²) in [5.41, 5.74) is 12.6. The van der Waals surface area contributed by atoms with E-state index in [-0.39, 0.29) is 11.6 Å². The van der Waals surface area contributed by atoms with Gasteiger partial charge in [-0.3, -0.25) is 0 Å². The molecule has 0 saturated heterocycles. The molecule has 2 aromatic carbocycles. The van der Waals surface area contributed by atoms with Crippen LogP contribution in [0.2, 0.25) is 0 Å². The van der Waals surface area contributed by atoms with Crippen LogP contribution in [0.4, 0.5) is 11.6 Å². The minimum absolute atomic E-state index is 0.192. The molecule has 0 aliphatic rings. The highest BCUT2D eigenvalue weighted by Gasteiger charge is 2.14. The maximum atomic E-state index is 12.1. The molecule has 0 radical (unpaired) electrons. The minimum atomic E-state index is -0.854. The molecule has 12 heteroatoms. The van der Waals surface area contributed by atoms with Gasteiger partial charge in [0.1, 0.15) is 11.0 Å². The van der Waals surface area contributed by atoms with Crippen LogP contribution in [0, 0.1) is 0 Å². The lowest BCUT2D eigenvalue weighted by atomic mass is 10.2. The van der Waals surface area contributed by atoms with Gasteiger partial charge in [0.05, 0.1) is 0 Å².